The summed E-state index contributed by atoms with van der Waals surface area (Å²) in [7, 11) is 0. The first-order valence-corrected chi connectivity index (χ1v) is 44.7. The number of hydrogen-bond donors (Lipinski definition) is 0. The highest BCUT2D eigenvalue weighted by atomic mass is 19.4. The predicted octanol–water partition coefficient (Wildman–Crippen LogP) is 20.2. The molecule has 0 spiro atoms. The second kappa shape index (κ2) is 50.6. The van der Waals surface area contributed by atoms with Gasteiger partial charge in [0.1, 0.15) is 74.3 Å². The number of rotatable bonds is 36. The van der Waals surface area contributed by atoms with E-state index in [9.17, 15) is 140 Å². The maximum Gasteiger partial charge on any atom is 0.472 e. The molecule has 0 aromatic rings. The Morgan fingerprint density at radius 2 is 0.541 bits per heavy atom. The molecule has 0 N–H and O–H groups in total. The lowest BCUT2D eigenvalue weighted by Gasteiger charge is -2.38. The van der Waals surface area contributed by atoms with Crippen LogP contribution in [-0.4, -0.2) is 387 Å². The summed E-state index contributed by atoms with van der Waals surface area (Å²) in [5.74, 6) is -81.4. The summed E-state index contributed by atoms with van der Waals surface area (Å²) < 4.78 is 588. The zero-order valence-electron chi connectivity index (χ0n) is 96.9. The van der Waals surface area contributed by atoms with Crippen LogP contribution in [0.3, 0.4) is 0 Å². The minimum atomic E-state index is -7.25. The van der Waals surface area contributed by atoms with Crippen molar-refractivity contribution in [2.45, 2.75) is 233 Å². The van der Waals surface area contributed by atoms with Crippen LogP contribution in [-0.2, 0) is 28.4 Å². The molecule has 0 aromatic heterocycles. The fourth-order valence-corrected chi connectivity index (χ4v) is 13.9. The van der Waals surface area contributed by atoms with Gasteiger partial charge in [0.15, 0.2) is 6.61 Å². The number of nitrogens with zero attached hydrogens (tertiary/aromatic N) is 18. The van der Waals surface area contributed by atoms with Gasteiger partial charge in [-0.15, -0.1) is 0 Å². The molecular formula is C90H118F32N18O6. The minimum Gasteiger partial charge on any atom is -0.476 e. The first-order chi connectivity index (χ1) is 74.6. The number of alkyl halides is 32. The molecule has 828 valence electrons. The molecule has 56 heteroatoms. The predicted molar refractivity (Wildman–Crippen MR) is 485 cm³/mol. The summed E-state index contributed by atoms with van der Waals surface area (Å²) in [4.78, 5) is 54.3. The van der Waals surface area contributed by atoms with Crippen LogP contribution in [0.25, 0.3) is 0 Å². The van der Waals surface area contributed by atoms with E-state index < -0.39 is 207 Å². The number of likely N-dealkylation sites (N-methyl/N-ethyl adjacent to an activating group) is 6. The van der Waals surface area contributed by atoms with Crippen molar-refractivity contribution in [3.8, 4) is 0 Å². The van der Waals surface area contributed by atoms with Crippen molar-refractivity contribution in [1.82, 2.24) is 29.4 Å². The van der Waals surface area contributed by atoms with Gasteiger partial charge in [-0.3, -0.25) is 30.0 Å². The molecular weight excluding hydrogens is 2040 g/mol. The molecule has 0 radical (unpaired) electrons. The Hall–Kier alpha value is -9.20. The van der Waals surface area contributed by atoms with Gasteiger partial charge >= 0.3 is 83.1 Å². The average molecular weight is 2170 g/mol. The third-order valence-corrected chi connectivity index (χ3v) is 22.2. The third-order valence-electron chi connectivity index (χ3n) is 22.2. The Morgan fingerprint density at radius 1 is 0.267 bits per heavy atom. The Kier molecular flexibility index (Phi) is 33.8. The Labute approximate surface area is 847 Å². The van der Waals surface area contributed by atoms with Crippen LogP contribution in [0.5, 0.6) is 0 Å². The summed E-state index contributed by atoms with van der Waals surface area (Å²) in [6.07, 6.45) is 3.87. The molecule has 12 heterocycles. The monoisotopic (exact) mass is 2170 g/mol. The van der Waals surface area contributed by atoms with Gasteiger partial charge < -0.3 is 57.8 Å². The highest BCUT2D eigenvalue weighted by Gasteiger charge is 2.87. The van der Waals surface area contributed by atoms with Crippen LogP contribution in [0.4, 0.5) is 140 Å². The SMILES string of the molecule is [2H]C([2H])([2H])N1CCC=C(C2=NCN=C2OC(F)(F)C(F)(F)C(F)(F)C(F)(F)C(C)(F)F)C1.[2H]C([2H])([2H])N1CCC=C(C2=NCN=C2OCC(F)(F)C(F)(F)C(F)(F)C(C)(F)F)C1.[2H]C([2H])([2H])N1CCC=C(C2=NCN=C2OCCC(F)(F)C(F)(F)C(C)(F)F)C1.[2H]C([2H])([2H])N1CCC=C(C2=NCN=C2OCCCC(F)(F)C(C)(F)F)C1.[2H]C([2H])([2H])N1CCC=C(C2=NCN=C2OCCCC(F)(F)CC)C1.[2H]C([2H])([2H])N1CCC=C(C2=NCN=C2OCCCCC(C)(F)F)C1. The van der Waals surface area contributed by atoms with Crippen LogP contribution >= 0.6 is 0 Å². The maximum absolute atomic E-state index is 14.0. The van der Waals surface area contributed by atoms with Crippen molar-refractivity contribution < 1.29 is 194 Å². The Morgan fingerprint density at radius 3 is 0.829 bits per heavy atom. The lowest BCUT2D eigenvalue weighted by Crippen LogP contribution is -2.67. The molecule has 0 aliphatic carbocycles. The molecule has 146 heavy (non-hydrogen) atoms. The van der Waals surface area contributed by atoms with Gasteiger partial charge in [0.2, 0.25) is 47.2 Å². The van der Waals surface area contributed by atoms with Gasteiger partial charge in [-0.25, -0.2) is 56.3 Å². The third kappa shape index (κ3) is 32.9. The molecule has 0 saturated heterocycles. The highest BCUT2D eigenvalue weighted by molar-refractivity contribution is 6.49. The standard InChI is InChI=1S/C15H15F10N3O.C15H17F8N3O.C15H19F6N3O.C15H21F4N3O.2C15H23F2N3O/c1-11(16,17)12(18,19)13(20,21)14(22,23)15(24,25)29-10-9(26-7-27-10)8-4-3-5-28(2)6-8;1-12(16,17)14(20,21)15(22,23)13(18,19)7-27-11-10(24-8-25-11)9-4-3-5-26(2)6-9;1-13(16,17)15(20,21)14(18,19)5-7-25-12-11(22-9-23-12)10-4-3-6-24(2)8-10;1-14(16,17)15(18,19)6-4-8-23-13-12(20-10-21-13)11-5-3-7-22(2)9-11;1-15(16,17)7-3-4-9-21-14-13(18-11-19-14)12-6-5-8-20(2)10-12;1-3-15(16,17)7-5-9-21-14-13(18-11-19-14)12-6-4-8-20(2)10-12/h4H,3,5-7H2,1-2H3;4H,3,5-8H2,1-2H3;4H,3,5-9H2,1-2H3;5H,3-4,6-10H2,1-2H3;2*6H,3-5,7-11H2,1-2H3/i6*2D3. The molecule has 12 rings (SSSR count). The average Bonchev–Trinajstić information content (AvgIpc) is 1.51. The van der Waals surface area contributed by atoms with Crippen LogP contribution < -0.4 is 0 Å². The van der Waals surface area contributed by atoms with Crippen molar-refractivity contribution >= 4 is 69.7 Å². The maximum atomic E-state index is 14.0. The summed E-state index contributed by atoms with van der Waals surface area (Å²) >= 11 is 0. The van der Waals surface area contributed by atoms with Gasteiger partial charge in [0, 0.05) is 157 Å². The van der Waals surface area contributed by atoms with E-state index in [1.54, 1.807) is 6.08 Å². The van der Waals surface area contributed by atoms with Crippen molar-refractivity contribution in [2.75, 3.05) is 193 Å². The largest absolute Gasteiger partial charge is 0.476 e. The van der Waals surface area contributed by atoms with E-state index in [-0.39, 0.29) is 192 Å². The molecule has 0 saturated carbocycles. The van der Waals surface area contributed by atoms with Gasteiger partial charge in [0.05, 0.1) is 32.8 Å². The first-order valence-electron chi connectivity index (χ1n) is 53.7. The van der Waals surface area contributed by atoms with Crippen LogP contribution in [0.1, 0.15) is 163 Å². The van der Waals surface area contributed by atoms with E-state index in [1.165, 1.54) is 38.7 Å². The van der Waals surface area contributed by atoms with Gasteiger partial charge in [-0.1, -0.05) is 43.4 Å². The fraction of sp³-hybridized carbons (Fsp3) is 0.733. The number of hydrogen-bond acceptors (Lipinski definition) is 24. The molecule has 0 fully saturated rings. The quantitative estimate of drug-likeness (QED) is 0.0422. The number of halogens is 32. The van der Waals surface area contributed by atoms with E-state index in [0.29, 0.717) is 105 Å². The Balaban J connectivity index is 0.000000265. The highest BCUT2D eigenvalue weighted by Crippen LogP contribution is 2.58. The van der Waals surface area contributed by atoms with E-state index >= 15 is 0 Å². The van der Waals surface area contributed by atoms with Crippen molar-refractivity contribution in [3.63, 3.8) is 0 Å². The van der Waals surface area contributed by atoms with Crippen molar-refractivity contribution in [2.24, 2.45) is 59.9 Å². The zero-order chi connectivity index (χ0) is 125. The molecule has 12 aliphatic heterocycles. The second-order valence-electron chi connectivity index (χ2n) is 34.4. The molecule has 24 nitrogen and oxygen atoms in total. The zero-order valence-corrected chi connectivity index (χ0v) is 78.9. The number of aliphatic imine (C=N–C) groups is 12. The van der Waals surface area contributed by atoms with Crippen LogP contribution in [0.15, 0.2) is 130 Å². The van der Waals surface area contributed by atoms with E-state index in [1.807, 2.05) is 18.2 Å². The smallest absolute Gasteiger partial charge is 0.472 e. The molecule has 0 aromatic carbocycles. The molecule has 0 bridgehead atoms. The van der Waals surface area contributed by atoms with E-state index in [4.69, 9.17) is 43.6 Å². The lowest BCUT2D eigenvalue weighted by molar-refractivity contribution is -0.431. The van der Waals surface area contributed by atoms with E-state index in [2.05, 4.69) is 69.4 Å². The van der Waals surface area contributed by atoms with Crippen LogP contribution in [0.2, 0.25) is 0 Å². The molecule has 0 amide bonds. The summed E-state index contributed by atoms with van der Waals surface area (Å²) in [5.41, 5.74) is 3.52. The molecule has 12 aliphatic rings. The summed E-state index contributed by atoms with van der Waals surface area (Å²) in [6, 6.07) is 0. The van der Waals surface area contributed by atoms with Gasteiger partial charge in [-0.05, 0) is 146 Å². The molecule has 0 atom stereocenters. The number of ether oxygens (including phenoxy) is 6. The summed E-state index contributed by atoms with van der Waals surface area (Å²) in [5, 5.41) is 0. The number of unbranched alkanes of at least 4 members (excludes halogenated alkanes) is 1. The topological polar surface area (TPSA) is 223 Å². The van der Waals surface area contributed by atoms with Crippen molar-refractivity contribution in [1.29, 1.82) is 0 Å². The normalized spacial score (nSPS) is 22.6. The fourth-order valence-electron chi connectivity index (χ4n) is 13.9. The van der Waals surface area contributed by atoms with Gasteiger partial charge in [0.25, 0.3) is 0 Å². The Bertz CT molecular complexity index is 5720. The molecule has 0 unspecified atom stereocenters. The van der Waals surface area contributed by atoms with Gasteiger partial charge in [-0.2, -0.15) is 114 Å². The second-order valence-corrected chi connectivity index (χ2v) is 34.4. The lowest BCUT2D eigenvalue weighted by atomic mass is 9.98. The summed E-state index contributed by atoms with van der Waals surface area (Å²) in [6.45, 7) is -15.1. The van der Waals surface area contributed by atoms with Crippen LogP contribution in [0, 0.1) is 0 Å². The van der Waals surface area contributed by atoms with Crippen molar-refractivity contribution in [3.05, 3.63) is 69.9 Å². The first kappa shape index (κ1) is 97.6. The minimum absolute atomic E-state index is 0.00137. The van der Waals surface area contributed by atoms with E-state index in [0.717, 1.165) is 27.9 Å².